The quantitative estimate of drug-likeness (QED) is 0.676. The number of aromatic nitrogens is 1. The molecule has 0 aliphatic carbocycles. The summed E-state index contributed by atoms with van der Waals surface area (Å²) in [6.07, 6.45) is 0.682. The van der Waals surface area contributed by atoms with Crippen molar-refractivity contribution in [2.45, 2.75) is 17.7 Å². The van der Waals surface area contributed by atoms with Crippen LogP contribution < -0.4 is 5.32 Å². The molecule has 0 spiro atoms. The van der Waals surface area contributed by atoms with Gasteiger partial charge < -0.3 is 5.32 Å². The van der Waals surface area contributed by atoms with Gasteiger partial charge in [-0.3, -0.25) is 4.79 Å². The highest BCUT2D eigenvalue weighted by atomic mass is 32.2. The number of thiazole rings is 1. The lowest BCUT2D eigenvalue weighted by molar-refractivity contribution is -0.120. The van der Waals surface area contributed by atoms with Crippen LogP contribution in [-0.2, 0) is 14.8 Å². The van der Waals surface area contributed by atoms with Gasteiger partial charge in [-0.05, 0) is 49.2 Å². The molecule has 0 radical (unpaired) electrons. The summed E-state index contributed by atoms with van der Waals surface area (Å²) >= 11 is 1.51. The molecular formula is C19H17F2N3O3S2. The molecule has 1 N–H and O–H groups in total. The molecule has 0 bridgehead atoms. The van der Waals surface area contributed by atoms with E-state index in [9.17, 15) is 22.0 Å². The third-order valence-corrected chi connectivity index (χ3v) is 7.66. The summed E-state index contributed by atoms with van der Waals surface area (Å²) in [4.78, 5) is 16.5. The number of amides is 1. The number of sulfonamides is 1. The van der Waals surface area contributed by atoms with Crippen molar-refractivity contribution in [3.63, 3.8) is 0 Å². The van der Waals surface area contributed by atoms with E-state index in [0.717, 1.165) is 22.3 Å². The summed E-state index contributed by atoms with van der Waals surface area (Å²) in [5.74, 6) is -2.82. The number of fused-ring (bicyclic) bond motifs is 1. The zero-order valence-corrected chi connectivity index (χ0v) is 16.8. The van der Waals surface area contributed by atoms with E-state index in [4.69, 9.17) is 0 Å². The maximum absolute atomic E-state index is 13.4. The molecule has 1 amide bonds. The molecule has 6 nitrogen and oxygen atoms in total. The van der Waals surface area contributed by atoms with Crippen LogP contribution in [0.4, 0.5) is 14.5 Å². The highest BCUT2D eigenvalue weighted by Gasteiger charge is 2.32. The predicted octanol–water partition coefficient (Wildman–Crippen LogP) is 3.61. The third-order valence-electron chi connectivity index (χ3n) is 4.95. The first-order chi connectivity index (χ1) is 13.8. The summed E-state index contributed by atoms with van der Waals surface area (Å²) in [6, 6.07) is 8.01. The van der Waals surface area contributed by atoms with E-state index in [1.807, 2.05) is 6.07 Å². The molecule has 0 saturated carbocycles. The molecule has 2 heterocycles. The largest absolute Gasteiger partial charge is 0.326 e. The van der Waals surface area contributed by atoms with Crippen molar-refractivity contribution >= 4 is 43.2 Å². The Hall–Kier alpha value is -2.43. The van der Waals surface area contributed by atoms with Crippen LogP contribution in [0.2, 0.25) is 0 Å². The number of nitrogens with zero attached hydrogens (tertiary/aromatic N) is 2. The maximum atomic E-state index is 13.4. The van der Waals surface area contributed by atoms with Gasteiger partial charge in [0.25, 0.3) is 0 Å². The Labute approximate surface area is 170 Å². The normalized spacial score (nSPS) is 16.2. The molecule has 1 aliphatic rings. The number of hydrogen-bond donors (Lipinski definition) is 1. The molecule has 1 aromatic heterocycles. The molecule has 3 aromatic rings. The SMILES string of the molecule is O=C(Nc1ccc2scnc2c1)C1CCN(S(=O)(=O)c2ccc(F)c(F)c2)CC1. The Bertz CT molecular complexity index is 1170. The van der Waals surface area contributed by atoms with Gasteiger partial charge in [0.2, 0.25) is 15.9 Å². The van der Waals surface area contributed by atoms with Crippen molar-refractivity contribution in [2.24, 2.45) is 5.92 Å². The van der Waals surface area contributed by atoms with Crippen LogP contribution in [0.3, 0.4) is 0 Å². The minimum absolute atomic E-state index is 0.130. The van der Waals surface area contributed by atoms with Gasteiger partial charge in [-0.1, -0.05) is 0 Å². The second-order valence-electron chi connectivity index (χ2n) is 6.78. The lowest BCUT2D eigenvalue weighted by Crippen LogP contribution is -2.41. The second-order valence-corrected chi connectivity index (χ2v) is 9.60. The number of halogens is 2. The fourth-order valence-corrected chi connectivity index (χ4v) is 5.47. The van der Waals surface area contributed by atoms with Crippen molar-refractivity contribution in [1.82, 2.24) is 9.29 Å². The molecule has 1 saturated heterocycles. The molecule has 0 unspecified atom stereocenters. The molecule has 4 rings (SSSR count). The van der Waals surface area contributed by atoms with Crippen molar-refractivity contribution in [3.05, 3.63) is 53.5 Å². The van der Waals surface area contributed by atoms with Gasteiger partial charge in [-0.15, -0.1) is 11.3 Å². The predicted molar refractivity (Wildman–Crippen MR) is 106 cm³/mol. The highest BCUT2D eigenvalue weighted by molar-refractivity contribution is 7.89. The topological polar surface area (TPSA) is 79.4 Å². The minimum Gasteiger partial charge on any atom is -0.326 e. The Kier molecular flexibility index (Phi) is 5.32. The summed E-state index contributed by atoms with van der Waals surface area (Å²) in [6.45, 7) is 0.259. The number of benzene rings is 2. The summed E-state index contributed by atoms with van der Waals surface area (Å²) in [5, 5.41) is 2.86. The van der Waals surface area contributed by atoms with Crippen molar-refractivity contribution in [2.75, 3.05) is 18.4 Å². The fourth-order valence-electron chi connectivity index (χ4n) is 3.32. The average molecular weight is 437 g/mol. The van der Waals surface area contributed by atoms with Crippen molar-refractivity contribution in [1.29, 1.82) is 0 Å². The summed E-state index contributed by atoms with van der Waals surface area (Å²) in [5.41, 5.74) is 3.19. The van der Waals surface area contributed by atoms with E-state index in [1.165, 1.54) is 15.6 Å². The van der Waals surface area contributed by atoms with E-state index in [1.54, 1.807) is 17.6 Å². The molecule has 0 atom stereocenters. The maximum Gasteiger partial charge on any atom is 0.243 e. The third kappa shape index (κ3) is 4.00. The number of carbonyl (C=O) groups is 1. The average Bonchev–Trinajstić information content (AvgIpc) is 3.18. The van der Waals surface area contributed by atoms with Gasteiger partial charge in [0.05, 0.1) is 20.6 Å². The first-order valence-corrected chi connectivity index (χ1v) is 11.3. The number of piperidine rings is 1. The highest BCUT2D eigenvalue weighted by Crippen LogP contribution is 2.27. The lowest BCUT2D eigenvalue weighted by atomic mass is 9.97. The number of rotatable bonds is 4. The lowest BCUT2D eigenvalue weighted by Gasteiger charge is -2.30. The standard InChI is InChI=1S/C19H17F2N3O3S2/c20-15-3-2-14(10-16(15)21)29(26,27)24-7-5-12(6-8-24)19(25)23-13-1-4-18-17(9-13)22-11-28-18/h1-4,9-12H,5-8H2,(H,23,25). The minimum atomic E-state index is -3.94. The first-order valence-electron chi connectivity index (χ1n) is 8.94. The van der Waals surface area contributed by atoms with Crippen LogP contribution in [0, 0.1) is 17.6 Å². The smallest absolute Gasteiger partial charge is 0.243 e. The van der Waals surface area contributed by atoms with E-state index in [-0.39, 0.29) is 29.8 Å². The summed E-state index contributed by atoms with van der Waals surface area (Å²) < 4.78 is 54.0. The second kappa shape index (κ2) is 7.77. The Morgan fingerprint density at radius 3 is 2.59 bits per heavy atom. The van der Waals surface area contributed by atoms with Gasteiger partial charge >= 0.3 is 0 Å². The van der Waals surface area contributed by atoms with Gasteiger partial charge in [0.1, 0.15) is 0 Å². The molecule has 10 heteroatoms. The van der Waals surface area contributed by atoms with Crippen molar-refractivity contribution < 1.29 is 22.0 Å². The van der Waals surface area contributed by atoms with Crippen LogP contribution in [-0.4, -0.2) is 36.7 Å². The summed E-state index contributed by atoms with van der Waals surface area (Å²) in [7, 11) is -3.94. The van der Waals surface area contributed by atoms with Crippen LogP contribution in [0.25, 0.3) is 10.2 Å². The molecule has 2 aromatic carbocycles. The number of carbonyl (C=O) groups excluding carboxylic acids is 1. The molecule has 1 fully saturated rings. The van der Waals surface area contributed by atoms with Crippen LogP contribution >= 0.6 is 11.3 Å². The molecular weight excluding hydrogens is 420 g/mol. The van der Waals surface area contributed by atoms with Gasteiger partial charge in [-0.2, -0.15) is 4.31 Å². The van der Waals surface area contributed by atoms with E-state index < -0.39 is 21.7 Å². The van der Waals surface area contributed by atoms with Crippen molar-refractivity contribution in [3.8, 4) is 0 Å². The molecule has 29 heavy (non-hydrogen) atoms. The molecule has 1 aliphatic heterocycles. The van der Waals surface area contributed by atoms with Crippen LogP contribution in [0.15, 0.2) is 46.8 Å². The van der Waals surface area contributed by atoms with Gasteiger partial charge in [0, 0.05) is 24.7 Å². The van der Waals surface area contributed by atoms with Crippen LogP contribution in [0.5, 0.6) is 0 Å². The van der Waals surface area contributed by atoms with E-state index in [0.29, 0.717) is 24.6 Å². The number of anilines is 1. The van der Waals surface area contributed by atoms with Crippen LogP contribution in [0.1, 0.15) is 12.8 Å². The van der Waals surface area contributed by atoms with Gasteiger partial charge in [0.15, 0.2) is 11.6 Å². The van der Waals surface area contributed by atoms with Gasteiger partial charge in [-0.25, -0.2) is 22.2 Å². The zero-order valence-electron chi connectivity index (χ0n) is 15.1. The first kappa shape index (κ1) is 19.9. The number of hydrogen-bond acceptors (Lipinski definition) is 5. The number of nitrogens with one attached hydrogen (secondary N) is 1. The Morgan fingerprint density at radius 2 is 1.86 bits per heavy atom. The Balaban J connectivity index is 1.40. The van der Waals surface area contributed by atoms with E-state index in [2.05, 4.69) is 10.3 Å². The molecule has 152 valence electrons. The fraction of sp³-hybridized carbons (Fsp3) is 0.263. The monoisotopic (exact) mass is 437 g/mol. The van der Waals surface area contributed by atoms with E-state index >= 15 is 0 Å². The zero-order chi connectivity index (χ0) is 20.6. The Morgan fingerprint density at radius 1 is 1.10 bits per heavy atom.